The van der Waals surface area contributed by atoms with Crippen LogP contribution in [0.2, 0.25) is 0 Å². The molecule has 0 fully saturated rings. The van der Waals surface area contributed by atoms with Crippen LogP contribution in [0.5, 0.6) is 0 Å². The van der Waals surface area contributed by atoms with Gasteiger partial charge >= 0.3 is 0 Å². The topological polar surface area (TPSA) is 66.0 Å². The molecule has 0 aliphatic carbocycles. The number of nitrogens with one attached hydrogen (secondary N) is 1. The molecular formula is C16H7F5N2O2. The van der Waals surface area contributed by atoms with E-state index in [0.717, 1.165) is 0 Å². The highest BCUT2D eigenvalue weighted by Gasteiger charge is 2.27. The number of hydrogen-bond acceptors (Lipinski definition) is 3. The second-order valence-corrected chi connectivity index (χ2v) is 4.94. The highest BCUT2D eigenvalue weighted by molar-refractivity contribution is 5.79. The minimum Gasteiger partial charge on any atom is -0.507 e. The number of hydrogen-bond donors (Lipinski definition) is 2. The molecule has 2 N–H and O–H groups in total. The Hall–Kier alpha value is -3.23. The summed E-state index contributed by atoms with van der Waals surface area (Å²) in [6.45, 7) is 0. The van der Waals surface area contributed by atoms with Crippen molar-refractivity contribution in [1.82, 2.24) is 9.97 Å². The van der Waals surface area contributed by atoms with Crippen LogP contribution in [0.4, 0.5) is 22.0 Å². The molecule has 0 unspecified atom stereocenters. The second-order valence-electron chi connectivity index (χ2n) is 4.94. The Kier molecular flexibility index (Phi) is 3.99. The number of para-hydroxylation sites is 2. The monoisotopic (exact) mass is 354 g/mol. The number of halogens is 5. The summed E-state index contributed by atoms with van der Waals surface area (Å²) in [5.41, 5.74) is -2.20. The van der Waals surface area contributed by atoms with Crippen molar-refractivity contribution in [3.63, 3.8) is 0 Å². The van der Waals surface area contributed by atoms with Crippen molar-refractivity contribution in [2.75, 3.05) is 0 Å². The third kappa shape index (κ3) is 2.73. The minimum atomic E-state index is -2.35. The average Bonchev–Trinajstić information content (AvgIpc) is 2.59. The van der Waals surface area contributed by atoms with Gasteiger partial charge in [0.2, 0.25) is 5.82 Å². The van der Waals surface area contributed by atoms with E-state index >= 15 is 0 Å². The third-order valence-electron chi connectivity index (χ3n) is 3.37. The maximum Gasteiger partial charge on any atom is 0.274 e. The first-order valence-electron chi connectivity index (χ1n) is 6.72. The molecule has 2 aromatic carbocycles. The molecule has 4 nitrogen and oxygen atoms in total. The molecule has 0 atom stereocenters. The first-order chi connectivity index (χ1) is 11.8. The summed E-state index contributed by atoms with van der Waals surface area (Å²) >= 11 is 0. The van der Waals surface area contributed by atoms with Crippen molar-refractivity contribution >= 4 is 22.9 Å². The molecule has 0 bridgehead atoms. The number of aliphatic hydroxyl groups excluding tert-OH is 1. The lowest BCUT2D eigenvalue weighted by Gasteiger charge is -2.07. The van der Waals surface area contributed by atoms with Crippen LogP contribution in [0.1, 0.15) is 11.3 Å². The van der Waals surface area contributed by atoms with Gasteiger partial charge in [0.05, 0.1) is 16.6 Å². The zero-order valence-electron chi connectivity index (χ0n) is 12.1. The fourth-order valence-corrected chi connectivity index (χ4v) is 2.17. The highest BCUT2D eigenvalue weighted by atomic mass is 19.2. The molecule has 0 saturated heterocycles. The van der Waals surface area contributed by atoms with Gasteiger partial charge in [-0.2, -0.15) is 0 Å². The van der Waals surface area contributed by atoms with Crippen molar-refractivity contribution < 1.29 is 27.1 Å². The second kappa shape index (κ2) is 6.00. The van der Waals surface area contributed by atoms with Crippen molar-refractivity contribution in [2.24, 2.45) is 0 Å². The molecule has 0 aliphatic heterocycles. The van der Waals surface area contributed by atoms with Gasteiger partial charge in [0.25, 0.3) is 5.56 Å². The van der Waals surface area contributed by atoms with Crippen LogP contribution in [-0.2, 0) is 0 Å². The summed E-state index contributed by atoms with van der Waals surface area (Å²) in [6, 6.07) is 6.28. The van der Waals surface area contributed by atoms with E-state index in [-0.39, 0.29) is 0 Å². The van der Waals surface area contributed by atoms with Gasteiger partial charge in [-0.25, -0.2) is 26.9 Å². The van der Waals surface area contributed by atoms with Crippen molar-refractivity contribution in [3.8, 4) is 0 Å². The van der Waals surface area contributed by atoms with E-state index in [0.29, 0.717) is 17.1 Å². The SMILES string of the molecule is O=c1[nH]c2ccccc2nc1/C=C(\O)c1c(F)c(F)c(F)c(F)c1F. The Balaban J connectivity index is 2.21. The van der Waals surface area contributed by atoms with Gasteiger partial charge in [-0.1, -0.05) is 12.1 Å². The maximum absolute atomic E-state index is 13.7. The van der Waals surface area contributed by atoms with Crippen molar-refractivity contribution in [2.45, 2.75) is 0 Å². The maximum atomic E-state index is 13.7. The number of aliphatic hydroxyl groups is 1. The number of nitrogens with zero attached hydrogens (tertiary/aromatic N) is 1. The predicted octanol–water partition coefficient (Wildman–Crippen LogP) is 3.67. The van der Waals surface area contributed by atoms with Crippen LogP contribution in [0.25, 0.3) is 22.9 Å². The number of benzene rings is 2. The summed E-state index contributed by atoms with van der Waals surface area (Å²) in [6.07, 6.45) is 0.517. The Bertz CT molecular complexity index is 1060. The molecular weight excluding hydrogens is 347 g/mol. The van der Waals surface area contributed by atoms with Gasteiger partial charge in [0.1, 0.15) is 11.5 Å². The van der Waals surface area contributed by atoms with E-state index in [1.807, 2.05) is 0 Å². The van der Waals surface area contributed by atoms with E-state index in [4.69, 9.17) is 0 Å². The standard InChI is InChI=1S/C16H7F5N2O2/c17-11-10(12(18)14(20)15(21)13(11)19)9(24)5-8-16(25)23-7-4-2-1-3-6(7)22-8/h1-5,24H,(H,23,25)/b9-5-. The highest BCUT2D eigenvalue weighted by Crippen LogP contribution is 2.28. The summed E-state index contributed by atoms with van der Waals surface area (Å²) in [4.78, 5) is 18.2. The number of fused-ring (bicyclic) bond motifs is 1. The Morgan fingerprint density at radius 3 is 2.16 bits per heavy atom. The Labute approximate surface area is 135 Å². The van der Waals surface area contributed by atoms with Gasteiger partial charge in [0.15, 0.2) is 23.3 Å². The summed E-state index contributed by atoms with van der Waals surface area (Å²) in [5.74, 6) is -12.6. The molecule has 3 rings (SSSR count). The Morgan fingerprint density at radius 2 is 1.52 bits per heavy atom. The van der Waals surface area contributed by atoms with Crippen LogP contribution in [-0.4, -0.2) is 15.1 Å². The van der Waals surface area contributed by atoms with Crippen LogP contribution in [0.3, 0.4) is 0 Å². The van der Waals surface area contributed by atoms with E-state index in [2.05, 4.69) is 9.97 Å². The van der Waals surface area contributed by atoms with Crippen LogP contribution in [0.15, 0.2) is 29.1 Å². The van der Waals surface area contributed by atoms with Gasteiger partial charge in [0, 0.05) is 6.08 Å². The summed E-state index contributed by atoms with van der Waals surface area (Å²) in [5, 5.41) is 9.80. The molecule has 1 aromatic heterocycles. The largest absolute Gasteiger partial charge is 0.507 e. The third-order valence-corrected chi connectivity index (χ3v) is 3.37. The Morgan fingerprint density at radius 1 is 0.960 bits per heavy atom. The quantitative estimate of drug-likeness (QED) is 0.319. The lowest BCUT2D eigenvalue weighted by molar-refractivity contribution is 0.370. The van der Waals surface area contributed by atoms with Crippen LogP contribution < -0.4 is 5.56 Å². The van der Waals surface area contributed by atoms with Gasteiger partial charge in [-0.3, -0.25) is 4.79 Å². The van der Waals surface area contributed by atoms with E-state index in [1.54, 1.807) is 18.2 Å². The van der Waals surface area contributed by atoms with Crippen molar-refractivity contribution in [1.29, 1.82) is 0 Å². The average molecular weight is 354 g/mol. The molecule has 9 heteroatoms. The summed E-state index contributed by atoms with van der Waals surface area (Å²) in [7, 11) is 0. The number of aromatic amines is 1. The lowest BCUT2D eigenvalue weighted by atomic mass is 10.1. The number of aromatic nitrogens is 2. The summed E-state index contributed by atoms with van der Waals surface area (Å²) < 4.78 is 66.8. The molecule has 0 saturated carbocycles. The van der Waals surface area contributed by atoms with Gasteiger partial charge < -0.3 is 10.1 Å². The van der Waals surface area contributed by atoms with E-state index in [1.165, 1.54) is 6.07 Å². The molecule has 3 aromatic rings. The molecule has 0 spiro atoms. The number of H-pyrrole nitrogens is 1. The first kappa shape index (κ1) is 16.6. The molecule has 0 radical (unpaired) electrons. The minimum absolute atomic E-state index is 0.290. The fourth-order valence-electron chi connectivity index (χ4n) is 2.17. The lowest BCUT2D eigenvalue weighted by Crippen LogP contribution is -2.12. The van der Waals surface area contributed by atoms with Gasteiger partial charge in [-0.15, -0.1) is 0 Å². The molecule has 25 heavy (non-hydrogen) atoms. The van der Waals surface area contributed by atoms with Crippen LogP contribution in [0, 0.1) is 29.1 Å². The molecule has 0 amide bonds. The zero-order valence-corrected chi connectivity index (χ0v) is 12.1. The first-order valence-corrected chi connectivity index (χ1v) is 6.72. The van der Waals surface area contributed by atoms with E-state index in [9.17, 15) is 31.9 Å². The zero-order chi connectivity index (χ0) is 18.3. The number of rotatable bonds is 2. The molecule has 128 valence electrons. The smallest absolute Gasteiger partial charge is 0.274 e. The molecule has 0 aliphatic rings. The molecule has 1 heterocycles. The predicted molar refractivity (Wildman–Crippen MR) is 79.1 cm³/mol. The normalized spacial score (nSPS) is 12.0. The van der Waals surface area contributed by atoms with Crippen LogP contribution >= 0.6 is 0 Å². The fraction of sp³-hybridized carbons (Fsp3) is 0. The van der Waals surface area contributed by atoms with Crippen molar-refractivity contribution in [3.05, 3.63) is 75.0 Å². The van der Waals surface area contributed by atoms with E-state index < -0.39 is 51.7 Å². The van der Waals surface area contributed by atoms with Gasteiger partial charge in [-0.05, 0) is 12.1 Å².